The fourth-order valence-corrected chi connectivity index (χ4v) is 3.87. The molecular formula is C26H21NO4. The van der Waals surface area contributed by atoms with Crippen molar-refractivity contribution in [3.63, 3.8) is 0 Å². The summed E-state index contributed by atoms with van der Waals surface area (Å²) < 4.78 is 19.2. The van der Waals surface area contributed by atoms with Gasteiger partial charge in [-0.1, -0.05) is 36.4 Å². The molecule has 0 radical (unpaired) electrons. The van der Waals surface area contributed by atoms with E-state index in [4.69, 9.17) is 14.2 Å². The summed E-state index contributed by atoms with van der Waals surface area (Å²) in [6.45, 7) is 0.357. The van der Waals surface area contributed by atoms with Gasteiger partial charge in [-0.25, -0.2) is 0 Å². The molecule has 2 heterocycles. The highest BCUT2D eigenvalue weighted by Gasteiger charge is 2.28. The number of rotatable bonds is 5. The third-order valence-corrected chi connectivity index (χ3v) is 5.44. The summed E-state index contributed by atoms with van der Waals surface area (Å²) in [5, 5.41) is 1.07. The zero-order chi connectivity index (χ0) is 21.4. The summed E-state index contributed by atoms with van der Waals surface area (Å²) in [7, 11) is 3.62. The van der Waals surface area contributed by atoms with E-state index in [1.54, 1.807) is 31.4 Å². The molecule has 1 aliphatic heterocycles. The van der Waals surface area contributed by atoms with E-state index in [-0.39, 0.29) is 5.78 Å². The van der Waals surface area contributed by atoms with Crippen LogP contribution in [0.4, 0.5) is 0 Å². The van der Waals surface area contributed by atoms with Crippen LogP contribution in [-0.4, -0.2) is 17.5 Å². The Morgan fingerprint density at radius 1 is 1.03 bits per heavy atom. The number of nitrogens with zero attached hydrogens (tertiary/aromatic N) is 1. The van der Waals surface area contributed by atoms with Crippen molar-refractivity contribution in [2.75, 3.05) is 7.11 Å². The summed E-state index contributed by atoms with van der Waals surface area (Å²) in [6.07, 6.45) is 3.80. The number of ether oxygens (including phenoxy) is 3. The first-order valence-corrected chi connectivity index (χ1v) is 10.0. The lowest BCUT2D eigenvalue weighted by Gasteiger charge is -2.10. The van der Waals surface area contributed by atoms with Gasteiger partial charge in [0.05, 0.1) is 12.7 Å². The Kier molecular flexibility index (Phi) is 4.71. The van der Waals surface area contributed by atoms with E-state index < -0.39 is 0 Å². The van der Waals surface area contributed by atoms with Gasteiger partial charge in [0.25, 0.3) is 0 Å². The van der Waals surface area contributed by atoms with E-state index in [9.17, 15) is 4.79 Å². The Hall–Kier alpha value is -3.99. The van der Waals surface area contributed by atoms with E-state index in [0.29, 0.717) is 29.4 Å². The summed E-state index contributed by atoms with van der Waals surface area (Å²) in [5.74, 6) is 2.10. The number of Topliss-reactive ketones (excluding diaryl/α,β-unsaturated/α-hetero) is 1. The quantitative estimate of drug-likeness (QED) is 0.414. The minimum Gasteiger partial charge on any atom is -0.496 e. The molecule has 0 spiro atoms. The normalized spacial score (nSPS) is 14.0. The number of allylic oxidation sites excluding steroid dienone is 1. The number of carbonyl (C=O) groups is 1. The molecule has 4 aromatic rings. The van der Waals surface area contributed by atoms with Crippen molar-refractivity contribution in [1.82, 2.24) is 4.57 Å². The number of para-hydroxylation sites is 2. The van der Waals surface area contributed by atoms with Gasteiger partial charge in [-0.2, -0.15) is 0 Å². The molecule has 0 amide bonds. The average Bonchev–Trinajstić information content (AvgIpc) is 3.29. The zero-order valence-electron chi connectivity index (χ0n) is 17.3. The number of fused-ring (bicyclic) bond motifs is 2. The second kappa shape index (κ2) is 7.69. The lowest BCUT2D eigenvalue weighted by Crippen LogP contribution is -1.99. The number of methoxy groups -OCH3 is 1. The van der Waals surface area contributed by atoms with Crippen molar-refractivity contribution in [2.45, 2.75) is 6.61 Å². The van der Waals surface area contributed by atoms with Crippen LogP contribution in [0.2, 0.25) is 0 Å². The van der Waals surface area contributed by atoms with E-state index >= 15 is 0 Å². The Morgan fingerprint density at radius 2 is 1.84 bits per heavy atom. The molecule has 154 valence electrons. The number of ketones is 1. The summed E-state index contributed by atoms with van der Waals surface area (Å²) in [6, 6.07) is 21.1. The number of aryl methyl sites for hydroxylation is 1. The Labute approximate surface area is 180 Å². The van der Waals surface area contributed by atoms with Gasteiger partial charge >= 0.3 is 0 Å². The first-order valence-electron chi connectivity index (χ1n) is 10.0. The standard InChI is InChI=1S/C26H21NO4/c1-27-15-18(20-8-4-5-9-22(20)27)13-25-26(28)21-12-11-19(14-24(21)31-25)30-16-17-7-3-6-10-23(17)29-2/h3-15H,16H2,1-2H3/b25-13-. The number of carbonyl (C=O) groups excluding carboxylic acids is 1. The van der Waals surface area contributed by atoms with E-state index in [1.165, 1.54) is 0 Å². The molecule has 1 aliphatic rings. The number of hydrogen-bond acceptors (Lipinski definition) is 4. The topological polar surface area (TPSA) is 49.7 Å². The predicted molar refractivity (Wildman–Crippen MR) is 120 cm³/mol. The van der Waals surface area contributed by atoms with E-state index in [2.05, 4.69) is 6.07 Å². The number of aromatic nitrogens is 1. The molecule has 0 unspecified atom stereocenters. The zero-order valence-corrected chi connectivity index (χ0v) is 17.3. The van der Waals surface area contributed by atoms with Gasteiger partial charge in [0, 0.05) is 41.3 Å². The van der Waals surface area contributed by atoms with Gasteiger partial charge in [-0.15, -0.1) is 0 Å². The van der Waals surface area contributed by atoms with Crippen LogP contribution in [0.15, 0.2) is 78.7 Å². The van der Waals surface area contributed by atoms with Gasteiger partial charge in [-0.3, -0.25) is 4.79 Å². The van der Waals surface area contributed by atoms with Crippen LogP contribution in [-0.2, 0) is 13.7 Å². The summed E-state index contributed by atoms with van der Waals surface area (Å²) in [4.78, 5) is 12.9. The minimum absolute atomic E-state index is 0.126. The Bertz CT molecular complexity index is 1330. The van der Waals surface area contributed by atoms with Crippen LogP contribution in [0.3, 0.4) is 0 Å². The molecule has 0 aliphatic carbocycles. The lowest BCUT2D eigenvalue weighted by molar-refractivity contribution is 0.101. The lowest BCUT2D eigenvalue weighted by atomic mass is 10.1. The fourth-order valence-electron chi connectivity index (χ4n) is 3.87. The van der Waals surface area contributed by atoms with Crippen LogP contribution in [0.5, 0.6) is 17.2 Å². The predicted octanol–water partition coefficient (Wildman–Crippen LogP) is 5.38. The molecule has 0 saturated heterocycles. The van der Waals surface area contributed by atoms with Crippen molar-refractivity contribution < 1.29 is 19.0 Å². The maximum Gasteiger partial charge on any atom is 0.231 e. The number of hydrogen-bond donors (Lipinski definition) is 0. The fraction of sp³-hybridized carbons (Fsp3) is 0.115. The molecule has 3 aromatic carbocycles. The maximum atomic E-state index is 12.9. The highest BCUT2D eigenvalue weighted by Crippen LogP contribution is 2.36. The molecule has 0 bridgehead atoms. The Balaban J connectivity index is 1.39. The SMILES string of the molecule is COc1ccccc1COc1ccc2c(c1)O/C(=C\c1cn(C)c3ccccc13)C2=O. The molecule has 0 fully saturated rings. The Morgan fingerprint density at radius 3 is 2.71 bits per heavy atom. The smallest absolute Gasteiger partial charge is 0.231 e. The van der Waals surface area contributed by atoms with Crippen molar-refractivity contribution in [2.24, 2.45) is 7.05 Å². The van der Waals surface area contributed by atoms with Crippen molar-refractivity contribution in [3.8, 4) is 17.2 Å². The molecule has 0 saturated carbocycles. The second-order valence-electron chi connectivity index (χ2n) is 7.41. The van der Waals surface area contributed by atoms with E-state index in [1.807, 2.05) is 60.3 Å². The van der Waals surface area contributed by atoms with Gasteiger partial charge in [-0.05, 0) is 30.3 Å². The molecule has 5 heteroatoms. The van der Waals surface area contributed by atoms with Crippen molar-refractivity contribution in [3.05, 3.63) is 95.4 Å². The molecule has 1 aromatic heterocycles. The maximum absolute atomic E-state index is 12.9. The largest absolute Gasteiger partial charge is 0.496 e. The monoisotopic (exact) mass is 411 g/mol. The number of benzene rings is 3. The molecule has 0 N–H and O–H groups in total. The van der Waals surface area contributed by atoms with Gasteiger partial charge in [0.15, 0.2) is 5.76 Å². The summed E-state index contributed by atoms with van der Waals surface area (Å²) >= 11 is 0. The van der Waals surface area contributed by atoms with E-state index in [0.717, 1.165) is 27.8 Å². The first-order chi connectivity index (χ1) is 15.1. The molecule has 31 heavy (non-hydrogen) atoms. The van der Waals surface area contributed by atoms with Crippen molar-refractivity contribution in [1.29, 1.82) is 0 Å². The first kappa shape index (κ1) is 19.0. The van der Waals surface area contributed by atoms with Crippen LogP contribution < -0.4 is 14.2 Å². The van der Waals surface area contributed by atoms with Crippen molar-refractivity contribution >= 4 is 22.8 Å². The van der Waals surface area contributed by atoms with Crippen LogP contribution in [0.1, 0.15) is 21.5 Å². The highest BCUT2D eigenvalue weighted by molar-refractivity contribution is 6.15. The van der Waals surface area contributed by atoms with Crippen LogP contribution in [0.25, 0.3) is 17.0 Å². The minimum atomic E-state index is -0.126. The van der Waals surface area contributed by atoms with Crippen LogP contribution in [0, 0.1) is 0 Å². The second-order valence-corrected chi connectivity index (χ2v) is 7.41. The van der Waals surface area contributed by atoms with Crippen LogP contribution >= 0.6 is 0 Å². The third-order valence-electron chi connectivity index (χ3n) is 5.44. The summed E-state index contributed by atoms with van der Waals surface area (Å²) in [5.41, 5.74) is 3.53. The van der Waals surface area contributed by atoms with Gasteiger partial charge in [0.1, 0.15) is 23.9 Å². The van der Waals surface area contributed by atoms with Gasteiger partial charge in [0.2, 0.25) is 5.78 Å². The van der Waals surface area contributed by atoms with Gasteiger partial charge < -0.3 is 18.8 Å². The molecule has 5 nitrogen and oxygen atoms in total. The third kappa shape index (κ3) is 3.44. The average molecular weight is 411 g/mol. The highest BCUT2D eigenvalue weighted by atomic mass is 16.5. The molecule has 5 rings (SSSR count). The molecule has 0 atom stereocenters. The molecular weight excluding hydrogens is 390 g/mol.